The number of hydrogen-bond donors (Lipinski definition) is 0. The van der Waals surface area contributed by atoms with E-state index in [2.05, 4.69) is 0 Å². The van der Waals surface area contributed by atoms with Gasteiger partial charge in [0.1, 0.15) is 0 Å². The fourth-order valence-electron chi connectivity index (χ4n) is 0.973. The molecule has 0 aliphatic heterocycles. The van der Waals surface area contributed by atoms with Crippen molar-refractivity contribution >= 4 is 11.9 Å². The molecule has 4 nitrogen and oxygen atoms in total. The molecule has 0 aromatic heterocycles. The number of hydrogen-bond acceptors (Lipinski definition) is 4. The second kappa shape index (κ2) is 8.26. The zero-order valence-electron chi connectivity index (χ0n) is 9.75. The first-order valence-electron chi connectivity index (χ1n) is 5.52. The fraction of sp³-hybridized carbons (Fsp3) is 0.818. The summed E-state index contributed by atoms with van der Waals surface area (Å²) < 4.78 is 9.98. The van der Waals surface area contributed by atoms with Crippen molar-refractivity contribution in [3.63, 3.8) is 0 Å². The molecular weight excluding hydrogens is 196 g/mol. The molecule has 0 saturated heterocycles. The molecule has 0 radical (unpaired) electrons. The van der Waals surface area contributed by atoms with Crippen LogP contribution in [0.15, 0.2) is 0 Å². The van der Waals surface area contributed by atoms with Crippen LogP contribution in [0.4, 0.5) is 0 Å². The summed E-state index contributed by atoms with van der Waals surface area (Å²) in [5, 5.41) is 0. The molecule has 0 saturated carbocycles. The third kappa shape index (κ3) is 6.94. The van der Waals surface area contributed by atoms with E-state index in [9.17, 15) is 9.59 Å². The second-order valence-corrected chi connectivity index (χ2v) is 3.26. The van der Waals surface area contributed by atoms with Crippen LogP contribution in [0.2, 0.25) is 0 Å². The van der Waals surface area contributed by atoms with Gasteiger partial charge < -0.3 is 9.47 Å². The van der Waals surface area contributed by atoms with E-state index in [0.717, 1.165) is 12.8 Å². The molecule has 0 aliphatic rings. The van der Waals surface area contributed by atoms with Crippen molar-refractivity contribution in [2.75, 3.05) is 0 Å². The van der Waals surface area contributed by atoms with Gasteiger partial charge in [-0.3, -0.25) is 9.59 Å². The maximum atomic E-state index is 11.0. The summed E-state index contributed by atoms with van der Waals surface area (Å²) in [7, 11) is 0. The van der Waals surface area contributed by atoms with Crippen molar-refractivity contribution in [1.82, 2.24) is 0 Å². The maximum absolute atomic E-state index is 11.0. The van der Waals surface area contributed by atoms with Crippen molar-refractivity contribution < 1.29 is 19.1 Å². The zero-order valence-corrected chi connectivity index (χ0v) is 9.75. The largest absolute Gasteiger partial charge is 0.425 e. The van der Waals surface area contributed by atoms with Crippen molar-refractivity contribution in [2.24, 2.45) is 0 Å². The quantitative estimate of drug-likeness (QED) is 0.484. The Kier molecular flexibility index (Phi) is 7.68. The van der Waals surface area contributed by atoms with Crippen LogP contribution in [0.3, 0.4) is 0 Å². The average molecular weight is 216 g/mol. The number of unbranched alkanes of at least 4 members (excludes halogenated alkanes) is 1. The molecule has 0 rings (SSSR count). The van der Waals surface area contributed by atoms with Crippen LogP contribution in [-0.2, 0) is 19.1 Å². The fourth-order valence-corrected chi connectivity index (χ4v) is 0.973. The van der Waals surface area contributed by atoms with Gasteiger partial charge in [0, 0.05) is 19.3 Å². The first kappa shape index (κ1) is 13.9. The number of esters is 2. The van der Waals surface area contributed by atoms with E-state index in [1.165, 1.54) is 0 Å². The van der Waals surface area contributed by atoms with Crippen molar-refractivity contribution in [2.45, 2.75) is 59.2 Å². The summed E-state index contributed by atoms with van der Waals surface area (Å²) in [6.45, 7) is 5.45. The minimum atomic E-state index is -0.704. The zero-order chi connectivity index (χ0) is 11.7. The molecule has 0 unspecified atom stereocenters. The normalized spacial score (nSPS) is 10.1. The molecule has 88 valence electrons. The molecule has 0 aliphatic carbocycles. The Labute approximate surface area is 90.9 Å². The molecule has 0 heterocycles. The minimum absolute atomic E-state index is 0.298. The molecule has 0 amide bonds. The van der Waals surface area contributed by atoms with E-state index in [-0.39, 0.29) is 11.9 Å². The Morgan fingerprint density at radius 1 is 1.00 bits per heavy atom. The molecule has 0 aromatic rings. The van der Waals surface area contributed by atoms with E-state index < -0.39 is 6.29 Å². The SMILES string of the molecule is CCCCC(OC(=O)CC)OC(=O)CC. The summed E-state index contributed by atoms with van der Waals surface area (Å²) in [4.78, 5) is 22.1. The van der Waals surface area contributed by atoms with Gasteiger partial charge in [0.15, 0.2) is 0 Å². The van der Waals surface area contributed by atoms with Crippen molar-refractivity contribution in [1.29, 1.82) is 0 Å². The number of carbonyl (C=O) groups excluding carboxylic acids is 2. The van der Waals surface area contributed by atoms with E-state index in [0.29, 0.717) is 19.3 Å². The van der Waals surface area contributed by atoms with E-state index in [1.807, 2.05) is 6.92 Å². The van der Waals surface area contributed by atoms with Crippen LogP contribution in [0, 0.1) is 0 Å². The Balaban J connectivity index is 4.05. The van der Waals surface area contributed by atoms with Gasteiger partial charge in [0.05, 0.1) is 0 Å². The predicted molar refractivity (Wildman–Crippen MR) is 56.1 cm³/mol. The Bertz CT molecular complexity index is 183. The molecule has 0 bridgehead atoms. The van der Waals surface area contributed by atoms with E-state index in [4.69, 9.17) is 9.47 Å². The Hall–Kier alpha value is -1.06. The van der Waals surface area contributed by atoms with Crippen molar-refractivity contribution in [3.8, 4) is 0 Å². The van der Waals surface area contributed by atoms with Gasteiger partial charge >= 0.3 is 11.9 Å². The summed E-state index contributed by atoms with van der Waals surface area (Å²) in [6, 6.07) is 0. The highest BCUT2D eigenvalue weighted by atomic mass is 16.7. The number of ether oxygens (including phenoxy) is 2. The lowest BCUT2D eigenvalue weighted by molar-refractivity contribution is -0.188. The second-order valence-electron chi connectivity index (χ2n) is 3.26. The van der Waals surface area contributed by atoms with Crippen molar-refractivity contribution in [3.05, 3.63) is 0 Å². The van der Waals surface area contributed by atoms with Crippen LogP contribution >= 0.6 is 0 Å². The molecular formula is C11H20O4. The Morgan fingerprint density at radius 2 is 1.47 bits per heavy atom. The molecule has 0 N–H and O–H groups in total. The number of carbonyl (C=O) groups is 2. The third-order valence-corrected chi connectivity index (χ3v) is 1.90. The van der Waals surface area contributed by atoms with Crippen LogP contribution in [0.25, 0.3) is 0 Å². The summed E-state index contributed by atoms with van der Waals surface area (Å²) in [5.41, 5.74) is 0. The Morgan fingerprint density at radius 3 is 1.80 bits per heavy atom. The van der Waals surface area contributed by atoms with E-state index >= 15 is 0 Å². The van der Waals surface area contributed by atoms with Crippen LogP contribution in [-0.4, -0.2) is 18.2 Å². The highest BCUT2D eigenvalue weighted by Crippen LogP contribution is 2.08. The highest BCUT2D eigenvalue weighted by Gasteiger charge is 2.16. The van der Waals surface area contributed by atoms with Crippen LogP contribution in [0.1, 0.15) is 52.9 Å². The molecule has 4 heteroatoms. The standard InChI is InChI=1S/C11H20O4/c1-4-7-8-11(14-9(12)5-2)15-10(13)6-3/h11H,4-8H2,1-3H3. The third-order valence-electron chi connectivity index (χ3n) is 1.90. The summed E-state index contributed by atoms with van der Waals surface area (Å²) in [5.74, 6) is -0.667. The topological polar surface area (TPSA) is 52.6 Å². The van der Waals surface area contributed by atoms with Gasteiger partial charge in [-0.25, -0.2) is 0 Å². The average Bonchev–Trinajstić information content (AvgIpc) is 2.25. The highest BCUT2D eigenvalue weighted by molar-refractivity contribution is 5.70. The monoisotopic (exact) mass is 216 g/mol. The first-order chi connectivity index (χ1) is 7.13. The first-order valence-corrected chi connectivity index (χ1v) is 5.52. The summed E-state index contributed by atoms with van der Waals surface area (Å²) in [6.07, 6.45) is 2.32. The predicted octanol–water partition coefficient (Wildman–Crippen LogP) is 2.41. The molecule has 0 fully saturated rings. The maximum Gasteiger partial charge on any atom is 0.308 e. The molecule has 0 atom stereocenters. The molecule has 15 heavy (non-hydrogen) atoms. The van der Waals surface area contributed by atoms with Crippen LogP contribution in [0.5, 0.6) is 0 Å². The minimum Gasteiger partial charge on any atom is -0.425 e. The van der Waals surface area contributed by atoms with Gasteiger partial charge in [-0.1, -0.05) is 27.2 Å². The lowest BCUT2D eigenvalue weighted by Gasteiger charge is -2.17. The molecule has 0 aromatic carbocycles. The van der Waals surface area contributed by atoms with Crippen LogP contribution < -0.4 is 0 Å². The van der Waals surface area contributed by atoms with Gasteiger partial charge in [-0.15, -0.1) is 0 Å². The van der Waals surface area contributed by atoms with E-state index in [1.54, 1.807) is 13.8 Å². The summed E-state index contributed by atoms with van der Waals surface area (Å²) >= 11 is 0. The smallest absolute Gasteiger partial charge is 0.308 e. The lowest BCUT2D eigenvalue weighted by atomic mass is 10.2. The van der Waals surface area contributed by atoms with Gasteiger partial charge in [-0.05, 0) is 6.42 Å². The van der Waals surface area contributed by atoms with Gasteiger partial charge in [0.25, 0.3) is 0 Å². The van der Waals surface area contributed by atoms with Gasteiger partial charge in [0.2, 0.25) is 6.29 Å². The lowest BCUT2D eigenvalue weighted by Crippen LogP contribution is -2.24. The van der Waals surface area contributed by atoms with Gasteiger partial charge in [-0.2, -0.15) is 0 Å². The number of rotatable bonds is 7. The molecule has 0 spiro atoms.